The molecule has 0 saturated carbocycles. The molecule has 3 nitrogen and oxygen atoms in total. The van der Waals surface area contributed by atoms with Gasteiger partial charge in [0.25, 0.3) is 0 Å². The molecule has 0 saturated heterocycles. The molecule has 0 spiro atoms. The van der Waals surface area contributed by atoms with Gasteiger partial charge in [-0.15, -0.1) is 11.3 Å². The lowest BCUT2D eigenvalue weighted by molar-refractivity contribution is 0.182. The van der Waals surface area contributed by atoms with Crippen LogP contribution in [-0.4, -0.2) is 12.1 Å². The van der Waals surface area contributed by atoms with Crippen LogP contribution >= 0.6 is 22.9 Å². The van der Waals surface area contributed by atoms with Gasteiger partial charge in [0.15, 0.2) is 0 Å². The Kier molecular flexibility index (Phi) is 3.75. The van der Waals surface area contributed by atoms with Crippen molar-refractivity contribution < 1.29 is 4.74 Å². The maximum Gasteiger partial charge on any atom is 0.130 e. The van der Waals surface area contributed by atoms with Gasteiger partial charge in [-0.25, -0.2) is 4.98 Å². The van der Waals surface area contributed by atoms with Crippen molar-refractivity contribution in [3.05, 3.63) is 39.9 Å². The summed E-state index contributed by atoms with van der Waals surface area (Å²) in [6.45, 7) is 0.337. The fourth-order valence-electron chi connectivity index (χ4n) is 1.42. The van der Waals surface area contributed by atoms with Gasteiger partial charge in [0, 0.05) is 12.7 Å². The number of benzene rings is 1. The zero-order valence-corrected chi connectivity index (χ0v) is 10.7. The number of nitrogens with zero attached hydrogens (tertiary/aromatic N) is 2. The third kappa shape index (κ3) is 2.47. The van der Waals surface area contributed by atoms with Crippen LogP contribution < -0.4 is 0 Å². The summed E-state index contributed by atoms with van der Waals surface area (Å²) in [4.78, 5) is 4.96. The Morgan fingerprint density at radius 2 is 2.24 bits per heavy atom. The van der Waals surface area contributed by atoms with E-state index in [2.05, 4.69) is 11.1 Å². The number of ether oxygens (including phenoxy) is 1. The van der Waals surface area contributed by atoms with Crippen LogP contribution in [0.2, 0.25) is 5.02 Å². The highest BCUT2D eigenvalue weighted by Crippen LogP contribution is 2.32. The number of hydrogen-bond donors (Lipinski definition) is 0. The predicted octanol–water partition coefficient (Wildman–Crippen LogP) is 3.48. The van der Waals surface area contributed by atoms with E-state index in [1.54, 1.807) is 13.2 Å². The average molecular weight is 265 g/mol. The summed E-state index contributed by atoms with van der Waals surface area (Å²) < 4.78 is 5.01. The lowest BCUT2D eigenvalue weighted by Crippen LogP contribution is -1.90. The standard InChI is InChI=1S/C12H9ClN2OS/c1-16-7-10-11(6-14)17-12(15-10)8-4-2-3-5-9(8)13/h2-5H,7H2,1H3. The Morgan fingerprint density at radius 3 is 2.88 bits per heavy atom. The van der Waals surface area contributed by atoms with E-state index < -0.39 is 0 Å². The van der Waals surface area contributed by atoms with E-state index in [0.29, 0.717) is 22.2 Å². The molecule has 0 aliphatic heterocycles. The second kappa shape index (κ2) is 5.28. The Labute approximate surface area is 108 Å². The molecule has 2 rings (SSSR count). The highest BCUT2D eigenvalue weighted by atomic mass is 35.5. The molecule has 1 aromatic heterocycles. The highest BCUT2D eigenvalue weighted by molar-refractivity contribution is 7.15. The van der Waals surface area contributed by atoms with Crippen LogP contribution in [0.5, 0.6) is 0 Å². The maximum atomic E-state index is 9.01. The minimum absolute atomic E-state index is 0.337. The molecule has 0 radical (unpaired) electrons. The minimum Gasteiger partial charge on any atom is -0.378 e. The molecule has 0 N–H and O–H groups in total. The molecule has 5 heteroatoms. The van der Waals surface area contributed by atoms with E-state index in [1.165, 1.54) is 11.3 Å². The molecule has 1 heterocycles. The van der Waals surface area contributed by atoms with Crippen molar-refractivity contribution in [2.45, 2.75) is 6.61 Å². The first-order chi connectivity index (χ1) is 8.26. The van der Waals surface area contributed by atoms with Crippen molar-refractivity contribution in [3.63, 3.8) is 0 Å². The van der Waals surface area contributed by atoms with Crippen LogP contribution in [0, 0.1) is 11.3 Å². The summed E-state index contributed by atoms with van der Waals surface area (Å²) in [7, 11) is 1.58. The van der Waals surface area contributed by atoms with Crippen LogP contribution in [-0.2, 0) is 11.3 Å². The van der Waals surface area contributed by atoms with Crippen LogP contribution in [0.25, 0.3) is 10.6 Å². The lowest BCUT2D eigenvalue weighted by atomic mass is 10.2. The van der Waals surface area contributed by atoms with Crippen molar-refractivity contribution in [1.82, 2.24) is 4.98 Å². The number of thiazole rings is 1. The van der Waals surface area contributed by atoms with Gasteiger partial charge in [0.1, 0.15) is 16.0 Å². The Balaban J connectivity index is 2.48. The van der Waals surface area contributed by atoms with Crippen molar-refractivity contribution in [2.75, 3.05) is 7.11 Å². The third-order valence-corrected chi connectivity index (χ3v) is 3.55. The van der Waals surface area contributed by atoms with E-state index in [4.69, 9.17) is 21.6 Å². The normalized spacial score (nSPS) is 10.2. The van der Waals surface area contributed by atoms with Gasteiger partial charge in [-0.05, 0) is 6.07 Å². The second-order valence-electron chi connectivity index (χ2n) is 3.32. The zero-order valence-electron chi connectivity index (χ0n) is 9.11. The predicted molar refractivity (Wildman–Crippen MR) is 68.0 cm³/mol. The van der Waals surface area contributed by atoms with Crippen molar-refractivity contribution in [1.29, 1.82) is 5.26 Å². The topological polar surface area (TPSA) is 45.9 Å². The first-order valence-corrected chi connectivity index (χ1v) is 6.09. The SMILES string of the molecule is COCc1nc(-c2ccccc2Cl)sc1C#N. The highest BCUT2D eigenvalue weighted by Gasteiger charge is 2.13. The van der Waals surface area contributed by atoms with Crippen molar-refractivity contribution in [2.24, 2.45) is 0 Å². The molecule has 17 heavy (non-hydrogen) atoms. The lowest BCUT2D eigenvalue weighted by Gasteiger charge is -1.98. The van der Waals surface area contributed by atoms with Gasteiger partial charge >= 0.3 is 0 Å². The van der Waals surface area contributed by atoms with Gasteiger partial charge in [-0.1, -0.05) is 29.8 Å². The number of aromatic nitrogens is 1. The summed E-state index contributed by atoms with van der Waals surface area (Å²) in [6, 6.07) is 9.57. The number of rotatable bonds is 3. The van der Waals surface area contributed by atoms with Crippen LogP contribution in [0.3, 0.4) is 0 Å². The van der Waals surface area contributed by atoms with E-state index in [-0.39, 0.29) is 0 Å². The Morgan fingerprint density at radius 1 is 1.47 bits per heavy atom. The van der Waals surface area contributed by atoms with Crippen LogP contribution in [0.15, 0.2) is 24.3 Å². The molecule has 0 aliphatic carbocycles. The average Bonchev–Trinajstić information content (AvgIpc) is 2.73. The fraction of sp³-hybridized carbons (Fsp3) is 0.167. The van der Waals surface area contributed by atoms with Gasteiger partial charge in [0.05, 0.1) is 17.3 Å². The smallest absolute Gasteiger partial charge is 0.130 e. The molecule has 0 fully saturated rings. The van der Waals surface area contributed by atoms with E-state index in [0.717, 1.165) is 10.6 Å². The Hall–Kier alpha value is -1.41. The fourth-order valence-corrected chi connectivity index (χ4v) is 2.61. The van der Waals surface area contributed by atoms with Gasteiger partial charge < -0.3 is 4.74 Å². The molecule has 1 aromatic carbocycles. The van der Waals surface area contributed by atoms with Crippen LogP contribution in [0.1, 0.15) is 10.6 Å². The molecule has 2 aromatic rings. The second-order valence-corrected chi connectivity index (χ2v) is 4.73. The molecule has 0 aliphatic rings. The summed E-state index contributed by atoms with van der Waals surface area (Å²) in [5.74, 6) is 0. The summed E-state index contributed by atoms with van der Waals surface area (Å²) in [5.41, 5.74) is 1.51. The van der Waals surface area contributed by atoms with Crippen molar-refractivity contribution in [3.8, 4) is 16.6 Å². The number of halogens is 1. The maximum absolute atomic E-state index is 9.01. The molecule has 0 bridgehead atoms. The van der Waals surface area contributed by atoms with E-state index >= 15 is 0 Å². The molecule has 0 unspecified atom stereocenters. The molecule has 86 valence electrons. The number of methoxy groups -OCH3 is 1. The summed E-state index contributed by atoms with van der Waals surface area (Å²) in [5, 5.41) is 10.4. The number of hydrogen-bond acceptors (Lipinski definition) is 4. The first kappa shape index (κ1) is 12.1. The van der Waals surface area contributed by atoms with Gasteiger partial charge in [0.2, 0.25) is 0 Å². The monoisotopic (exact) mass is 264 g/mol. The Bertz CT molecular complexity index is 574. The largest absolute Gasteiger partial charge is 0.378 e. The van der Waals surface area contributed by atoms with Crippen LogP contribution in [0.4, 0.5) is 0 Å². The molecule has 0 atom stereocenters. The van der Waals surface area contributed by atoms with Gasteiger partial charge in [-0.3, -0.25) is 0 Å². The molecular formula is C12H9ClN2OS. The van der Waals surface area contributed by atoms with E-state index in [1.807, 2.05) is 18.2 Å². The third-order valence-electron chi connectivity index (χ3n) is 2.18. The quantitative estimate of drug-likeness (QED) is 0.853. The van der Waals surface area contributed by atoms with Gasteiger partial charge in [-0.2, -0.15) is 5.26 Å². The first-order valence-electron chi connectivity index (χ1n) is 4.90. The van der Waals surface area contributed by atoms with E-state index in [9.17, 15) is 0 Å². The summed E-state index contributed by atoms with van der Waals surface area (Å²) >= 11 is 7.42. The number of nitriles is 1. The molecule has 0 amide bonds. The van der Waals surface area contributed by atoms with Crippen molar-refractivity contribution >= 4 is 22.9 Å². The summed E-state index contributed by atoms with van der Waals surface area (Å²) in [6.07, 6.45) is 0. The minimum atomic E-state index is 0.337. The molecular weight excluding hydrogens is 256 g/mol. The zero-order chi connectivity index (χ0) is 12.3.